The van der Waals surface area contributed by atoms with Gasteiger partial charge >= 0.3 is 12.1 Å². The van der Waals surface area contributed by atoms with Crippen LogP contribution in [0.4, 0.5) is 13.2 Å². The first-order valence-electron chi connectivity index (χ1n) is 9.05. The minimum Gasteiger partial charge on any atom is -0.466 e. The Labute approximate surface area is 170 Å². The third-order valence-corrected chi connectivity index (χ3v) is 4.63. The average molecular weight is 420 g/mol. The van der Waals surface area contributed by atoms with Crippen molar-refractivity contribution < 1.29 is 32.3 Å². The first kappa shape index (κ1) is 21.4. The van der Waals surface area contributed by atoms with Crippen molar-refractivity contribution in [3.8, 4) is 0 Å². The lowest BCUT2D eigenvalue weighted by Gasteiger charge is -2.23. The van der Waals surface area contributed by atoms with Crippen LogP contribution < -0.4 is 5.32 Å². The molecule has 0 bridgehead atoms. The van der Waals surface area contributed by atoms with Gasteiger partial charge in [0.1, 0.15) is 0 Å². The quantitative estimate of drug-likeness (QED) is 0.727. The maximum Gasteiger partial charge on any atom is 0.416 e. The van der Waals surface area contributed by atoms with Gasteiger partial charge in [0.2, 0.25) is 5.60 Å². The number of nitrogens with one attached hydrogen (secondary N) is 1. The highest BCUT2D eigenvalue weighted by molar-refractivity contribution is 6.00. The Balaban J connectivity index is 1.65. The number of esters is 1. The predicted molar refractivity (Wildman–Crippen MR) is 102 cm³/mol. The maximum absolute atomic E-state index is 12.8. The van der Waals surface area contributed by atoms with Crippen LogP contribution in [0.2, 0.25) is 0 Å². The number of nitrogens with zero attached hydrogens (tertiary/aromatic N) is 1. The third-order valence-electron chi connectivity index (χ3n) is 4.63. The summed E-state index contributed by atoms with van der Waals surface area (Å²) in [5, 5.41) is 6.41. The molecule has 0 aromatic heterocycles. The van der Waals surface area contributed by atoms with E-state index in [9.17, 15) is 22.8 Å². The second-order valence-corrected chi connectivity index (χ2v) is 6.84. The molecule has 1 heterocycles. The standard InChI is InChI=1S/C21H19F3N2O4/c1-29-19(28)20(11-14-6-3-2-4-7-14)12-17(26-30-20)13-25-18(27)15-8-5-9-16(10-15)21(22,23)24/h2-10H,11-13H2,1H3,(H,25,27). The monoisotopic (exact) mass is 420 g/mol. The fourth-order valence-corrected chi connectivity index (χ4v) is 3.15. The highest BCUT2D eigenvalue weighted by atomic mass is 19.4. The molecule has 30 heavy (non-hydrogen) atoms. The molecule has 0 saturated carbocycles. The number of carbonyl (C=O) groups excluding carboxylic acids is 2. The lowest BCUT2D eigenvalue weighted by molar-refractivity contribution is -0.166. The van der Waals surface area contributed by atoms with Crippen LogP contribution in [-0.2, 0) is 27.0 Å². The smallest absolute Gasteiger partial charge is 0.416 e. The first-order valence-corrected chi connectivity index (χ1v) is 9.05. The number of oxime groups is 1. The summed E-state index contributed by atoms with van der Waals surface area (Å²) < 4.78 is 43.3. The Bertz CT molecular complexity index is 960. The fraction of sp³-hybridized carbons (Fsp3) is 0.286. The van der Waals surface area contributed by atoms with E-state index < -0.39 is 29.2 Å². The molecule has 6 nitrogen and oxygen atoms in total. The molecule has 1 unspecified atom stereocenters. The Morgan fingerprint density at radius 2 is 1.90 bits per heavy atom. The van der Waals surface area contributed by atoms with Crippen molar-refractivity contribution in [1.82, 2.24) is 5.32 Å². The van der Waals surface area contributed by atoms with E-state index in [4.69, 9.17) is 9.57 Å². The summed E-state index contributed by atoms with van der Waals surface area (Å²) in [7, 11) is 1.24. The summed E-state index contributed by atoms with van der Waals surface area (Å²) in [4.78, 5) is 30.0. The largest absolute Gasteiger partial charge is 0.466 e. The van der Waals surface area contributed by atoms with E-state index in [2.05, 4.69) is 10.5 Å². The maximum atomic E-state index is 12.8. The Morgan fingerprint density at radius 1 is 1.17 bits per heavy atom. The van der Waals surface area contributed by atoms with E-state index in [1.807, 2.05) is 30.3 Å². The highest BCUT2D eigenvalue weighted by Gasteiger charge is 2.47. The molecule has 2 aromatic rings. The molecule has 1 atom stereocenters. The van der Waals surface area contributed by atoms with Crippen LogP contribution in [-0.4, -0.2) is 36.8 Å². The summed E-state index contributed by atoms with van der Waals surface area (Å²) >= 11 is 0. The molecule has 9 heteroatoms. The second-order valence-electron chi connectivity index (χ2n) is 6.84. The van der Waals surface area contributed by atoms with Crippen LogP contribution in [0.15, 0.2) is 59.8 Å². The third kappa shape index (κ3) is 4.79. The van der Waals surface area contributed by atoms with Crippen LogP contribution in [0.25, 0.3) is 0 Å². The number of rotatable bonds is 6. The number of hydrogen-bond donors (Lipinski definition) is 1. The Morgan fingerprint density at radius 3 is 2.57 bits per heavy atom. The molecule has 0 spiro atoms. The van der Waals surface area contributed by atoms with Crippen LogP contribution >= 0.6 is 0 Å². The number of alkyl halides is 3. The van der Waals surface area contributed by atoms with Crippen molar-refractivity contribution in [2.75, 3.05) is 13.7 Å². The van der Waals surface area contributed by atoms with Gasteiger partial charge < -0.3 is 14.9 Å². The van der Waals surface area contributed by atoms with Gasteiger partial charge in [0.15, 0.2) is 0 Å². The molecule has 0 radical (unpaired) electrons. The molecular formula is C21H19F3N2O4. The van der Waals surface area contributed by atoms with E-state index in [0.717, 1.165) is 23.8 Å². The molecule has 0 aliphatic carbocycles. The van der Waals surface area contributed by atoms with Crippen molar-refractivity contribution >= 4 is 17.6 Å². The van der Waals surface area contributed by atoms with Crippen LogP contribution in [0, 0.1) is 0 Å². The zero-order chi connectivity index (χ0) is 21.8. The second kappa shape index (κ2) is 8.56. The van der Waals surface area contributed by atoms with Crippen molar-refractivity contribution in [2.24, 2.45) is 5.16 Å². The summed E-state index contributed by atoms with van der Waals surface area (Å²) in [6.07, 6.45) is -4.25. The molecule has 2 aromatic carbocycles. The van der Waals surface area contributed by atoms with E-state index in [-0.39, 0.29) is 24.9 Å². The van der Waals surface area contributed by atoms with Crippen molar-refractivity contribution in [3.05, 3.63) is 71.3 Å². The fourth-order valence-electron chi connectivity index (χ4n) is 3.15. The summed E-state index contributed by atoms with van der Waals surface area (Å²) in [5.41, 5.74) is -1.19. The zero-order valence-electron chi connectivity index (χ0n) is 16.0. The van der Waals surface area contributed by atoms with Crippen molar-refractivity contribution in [1.29, 1.82) is 0 Å². The molecule has 1 amide bonds. The Kier molecular flexibility index (Phi) is 6.09. The highest BCUT2D eigenvalue weighted by Crippen LogP contribution is 2.31. The SMILES string of the molecule is COC(=O)C1(Cc2ccccc2)CC(CNC(=O)c2cccc(C(F)(F)F)c2)=NO1. The number of halogens is 3. The summed E-state index contributed by atoms with van der Waals surface area (Å²) in [5.74, 6) is -1.29. The molecule has 158 valence electrons. The zero-order valence-corrected chi connectivity index (χ0v) is 16.0. The minimum absolute atomic E-state index is 0.0807. The average Bonchev–Trinajstić information content (AvgIpc) is 3.15. The van der Waals surface area contributed by atoms with Gasteiger partial charge in [0.05, 0.1) is 24.9 Å². The van der Waals surface area contributed by atoms with Crippen LogP contribution in [0.1, 0.15) is 27.9 Å². The molecule has 1 aliphatic rings. The number of methoxy groups -OCH3 is 1. The summed E-state index contributed by atoms with van der Waals surface area (Å²) in [6.45, 7) is -0.0807. The predicted octanol–water partition coefficient (Wildman–Crippen LogP) is 3.37. The minimum atomic E-state index is -4.54. The van der Waals surface area contributed by atoms with E-state index in [0.29, 0.717) is 5.71 Å². The van der Waals surface area contributed by atoms with Gasteiger partial charge in [-0.2, -0.15) is 13.2 Å². The molecular weight excluding hydrogens is 401 g/mol. The van der Waals surface area contributed by atoms with Crippen molar-refractivity contribution in [2.45, 2.75) is 24.6 Å². The van der Waals surface area contributed by atoms with E-state index in [1.54, 1.807) is 0 Å². The van der Waals surface area contributed by atoms with Gasteiger partial charge in [0.25, 0.3) is 5.91 Å². The number of hydrogen-bond acceptors (Lipinski definition) is 5. The molecule has 0 fully saturated rings. The molecule has 3 rings (SSSR count). The van der Waals surface area contributed by atoms with Gasteiger partial charge in [-0.05, 0) is 23.8 Å². The topological polar surface area (TPSA) is 77.0 Å². The van der Waals surface area contributed by atoms with Crippen LogP contribution in [0.3, 0.4) is 0 Å². The lowest BCUT2D eigenvalue weighted by atomic mass is 9.89. The molecule has 0 saturated heterocycles. The van der Waals surface area contributed by atoms with Gasteiger partial charge in [-0.3, -0.25) is 4.79 Å². The van der Waals surface area contributed by atoms with E-state index in [1.165, 1.54) is 13.2 Å². The van der Waals surface area contributed by atoms with Gasteiger partial charge in [-0.15, -0.1) is 0 Å². The molecule has 1 aliphatic heterocycles. The van der Waals surface area contributed by atoms with Crippen molar-refractivity contribution in [3.63, 3.8) is 0 Å². The molecule has 1 N–H and O–H groups in total. The lowest BCUT2D eigenvalue weighted by Crippen LogP contribution is -2.43. The number of carbonyl (C=O) groups is 2. The van der Waals surface area contributed by atoms with E-state index >= 15 is 0 Å². The summed E-state index contributed by atoms with van der Waals surface area (Å²) in [6, 6.07) is 13.3. The number of amides is 1. The number of benzene rings is 2. The first-order chi connectivity index (χ1) is 14.2. The van der Waals surface area contributed by atoms with Gasteiger partial charge in [-0.25, -0.2) is 4.79 Å². The Hall–Kier alpha value is -3.36. The van der Waals surface area contributed by atoms with Crippen LogP contribution in [0.5, 0.6) is 0 Å². The van der Waals surface area contributed by atoms with Gasteiger partial charge in [0, 0.05) is 18.4 Å². The van der Waals surface area contributed by atoms with Gasteiger partial charge in [-0.1, -0.05) is 41.6 Å². The number of ether oxygens (including phenoxy) is 1. The normalized spacial score (nSPS) is 18.3.